The maximum Gasteiger partial charge on any atom is 0.205 e. The van der Waals surface area contributed by atoms with Crippen molar-refractivity contribution in [2.24, 2.45) is 0 Å². The van der Waals surface area contributed by atoms with Gasteiger partial charge in [0.2, 0.25) is 10.9 Å². The zero-order valence-corrected chi connectivity index (χ0v) is 23.5. The molecule has 1 aliphatic heterocycles. The first-order valence-electron chi connectivity index (χ1n) is 11.8. The Balaban J connectivity index is 1.54. The summed E-state index contributed by atoms with van der Waals surface area (Å²) in [6, 6.07) is 15.0. The first-order chi connectivity index (χ1) is 17.8. The molecule has 6 nitrogen and oxygen atoms in total. The lowest BCUT2D eigenvalue weighted by atomic mass is 10.5. The molecule has 0 unspecified atom stereocenters. The maximum absolute atomic E-state index is 12.8. The maximum atomic E-state index is 12.8. The number of hydrogen-bond acceptors (Lipinski definition) is 10. The molecule has 0 saturated heterocycles. The molecule has 0 atom stereocenters. The van der Waals surface area contributed by atoms with Gasteiger partial charge in [0, 0.05) is 23.0 Å². The van der Waals surface area contributed by atoms with Crippen LogP contribution in [-0.2, 0) is 18.9 Å². The lowest BCUT2D eigenvalue weighted by molar-refractivity contribution is 0.0605. The van der Waals surface area contributed by atoms with Crippen LogP contribution in [0.3, 0.4) is 0 Å². The van der Waals surface area contributed by atoms with Crippen molar-refractivity contribution in [3.05, 3.63) is 69.0 Å². The second-order valence-electron chi connectivity index (χ2n) is 7.40. The van der Waals surface area contributed by atoms with Gasteiger partial charge in [-0.25, -0.2) is 0 Å². The highest BCUT2D eigenvalue weighted by atomic mass is 32.2. The number of thioether (sulfide) groups is 4. The van der Waals surface area contributed by atoms with E-state index >= 15 is 0 Å². The molecule has 0 radical (unpaired) electrons. The van der Waals surface area contributed by atoms with Crippen LogP contribution in [0.2, 0.25) is 0 Å². The minimum Gasteiger partial charge on any atom is -0.378 e. The summed E-state index contributed by atoms with van der Waals surface area (Å²) in [7, 11) is 0. The molecule has 10 heteroatoms. The highest BCUT2D eigenvalue weighted by molar-refractivity contribution is 8.00. The summed E-state index contributed by atoms with van der Waals surface area (Å²) >= 11 is 6.04. The van der Waals surface area contributed by atoms with Crippen LogP contribution in [0.25, 0.3) is 0 Å². The molecule has 0 aliphatic carbocycles. The van der Waals surface area contributed by atoms with E-state index in [4.69, 9.17) is 18.9 Å². The molecule has 0 spiro atoms. The van der Waals surface area contributed by atoms with Crippen molar-refractivity contribution in [2.75, 3.05) is 75.9 Å². The van der Waals surface area contributed by atoms with Crippen molar-refractivity contribution in [3.8, 4) is 0 Å². The van der Waals surface area contributed by atoms with E-state index in [-0.39, 0.29) is 10.9 Å². The van der Waals surface area contributed by atoms with E-state index in [1.807, 2.05) is 48.5 Å². The van der Waals surface area contributed by atoms with E-state index in [0.29, 0.717) is 75.9 Å². The van der Waals surface area contributed by atoms with Gasteiger partial charge in [0.05, 0.1) is 72.4 Å². The smallest absolute Gasteiger partial charge is 0.205 e. The Morgan fingerprint density at radius 1 is 0.417 bits per heavy atom. The lowest BCUT2D eigenvalue weighted by Gasteiger charge is -2.07. The van der Waals surface area contributed by atoms with Gasteiger partial charge in [0.15, 0.2) is 0 Å². The molecule has 3 rings (SSSR count). The standard InChI is InChI=1S/C26H32O6S4/c27-25-21-5-1-2-6-22(25)34-18-14-30-11-12-32-16-20-36-24-8-4-3-7-23(26(24)28)35-19-15-31-10-9-29-13-17-33-21/h1-8H,9-20H2. The molecular formula is C26H32O6S4. The summed E-state index contributed by atoms with van der Waals surface area (Å²) in [5.74, 6) is 2.78. The Morgan fingerprint density at radius 3 is 0.917 bits per heavy atom. The molecule has 0 aromatic heterocycles. The summed E-state index contributed by atoms with van der Waals surface area (Å²) in [5.41, 5.74) is 0.107. The van der Waals surface area contributed by atoms with Crippen LogP contribution < -0.4 is 10.9 Å². The molecule has 0 fully saturated rings. The summed E-state index contributed by atoms with van der Waals surface area (Å²) in [6.07, 6.45) is 0. The second-order valence-corrected chi connectivity index (χ2v) is 11.9. The molecule has 2 aromatic rings. The molecule has 36 heavy (non-hydrogen) atoms. The molecule has 0 amide bonds. The van der Waals surface area contributed by atoms with Crippen molar-refractivity contribution in [1.82, 2.24) is 0 Å². The average Bonchev–Trinajstić information content (AvgIpc) is 3.16. The van der Waals surface area contributed by atoms with Crippen LogP contribution in [0.15, 0.2) is 77.7 Å². The monoisotopic (exact) mass is 568 g/mol. The van der Waals surface area contributed by atoms with Gasteiger partial charge in [-0.2, -0.15) is 0 Å². The van der Waals surface area contributed by atoms with Crippen LogP contribution in [0.4, 0.5) is 0 Å². The zero-order chi connectivity index (χ0) is 25.3. The molecule has 0 saturated carbocycles. The van der Waals surface area contributed by atoms with Gasteiger partial charge in [0.25, 0.3) is 0 Å². The topological polar surface area (TPSA) is 71.1 Å². The molecular weight excluding hydrogens is 537 g/mol. The molecule has 1 aliphatic rings. The van der Waals surface area contributed by atoms with Crippen LogP contribution in [-0.4, -0.2) is 75.9 Å². The van der Waals surface area contributed by atoms with Crippen LogP contribution in [0.5, 0.6) is 0 Å². The van der Waals surface area contributed by atoms with Gasteiger partial charge in [-0.3, -0.25) is 9.59 Å². The summed E-state index contributed by atoms with van der Waals surface area (Å²) in [4.78, 5) is 28.6. The van der Waals surface area contributed by atoms with Gasteiger partial charge in [-0.15, -0.1) is 47.0 Å². The van der Waals surface area contributed by atoms with Crippen molar-refractivity contribution in [3.63, 3.8) is 0 Å². The first kappa shape index (κ1) is 29.6. The Morgan fingerprint density at radius 2 is 0.667 bits per heavy atom. The Bertz CT molecular complexity index is 881. The molecule has 196 valence electrons. The van der Waals surface area contributed by atoms with Crippen molar-refractivity contribution >= 4 is 47.0 Å². The fourth-order valence-corrected chi connectivity index (χ4v) is 6.54. The Labute approximate surface area is 229 Å². The lowest BCUT2D eigenvalue weighted by Crippen LogP contribution is -2.11. The minimum atomic E-state index is 0.0533. The van der Waals surface area contributed by atoms with Gasteiger partial charge < -0.3 is 18.9 Å². The molecule has 1 heterocycles. The van der Waals surface area contributed by atoms with Crippen LogP contribution in [0.1, 0.15) is 0 Å². The third-order valence-corrected chi connectivity index (χ3v) is 8.81. The second kappa shape index (κ2) is 18.3. The normalized spacial score (nSPS) is 18.2. The number of rotatable bonds is 0. The number of hydrogen-bond donors (Lipinski definition) is 0. The third kappa shape index (κ3) is 11.2. The quantitative estimate of drug-likeness (QED) is 0.452. The molecule has 0 N–H and O–H groups in total. The van der Waals surface area contributed by atoms with E-state index in [1.165, 1.54) is 47.0 Å². The van der Waals surface area contributed by atoms with Crippen molar-refractivity contribution in [2.45, 2.75) is 19.6 Å². The van der Waals surface area contributed by atoms with Crippen LogP contribution in [0, 0.1) is 0 Å². The summed E-state index contributed by atoms with van der Waals surface area (Å²) in [5, 5.41) is 0. The Hall–Kier alpha value is -0.980. The van der Waals surface area contributed by atoms with Gasteiger partial charge in [0.1, 0.15) is 0 Å². The predicted molar refractivity (Wildman–Crippen MR) is 152 cm³/mol. The van der Waals surface area contributed by atoms with Gasteiger partial charge >= 0.3 is 0 Å². The van der Waals surface area contributed by atoms with E-state index < -0.39 is 0 Å². The van der Waals surface area contributed by atoms with E-state index in [1.54, 1.807) is 0 Å². The van der Waals surface area contributed by atoms with E-state index in [0.717, 1.165) is 19.6 Å². The fourth-order valence-electron chi connectivity index (χ4n) is 3.06. The molecule has 2 aromatic carbocycles. The summed E-state index contributed by atoms with van der Waals surface area (Å²) < 4.78 is 22.6. The summed E-state index contributed by atoms with van der Waals surface area (Å²) in [6.45, 7) is 4.15. The SMILES string of the molecule is O=c1c2ccccc1SCCOCCOCCSc1ccccc(c1=O)SCCOCCOCCS2. The van der Waals surface area contributed by atoms with E-state index in [9.17, 15) is 9.59 Å². The largest absolute Gasteiger partial charge is 0.378 e. The highest BCUT2D eigenvalue weighted by Gasteiger charge is 2.07. The Kier molecular flexibility index (Phi) is 15.0. The third-order valence-electron chi connectivity index (χ3n) is 4.79. The predicted octanol–water partition coefficient (Wildman–Crippen LogP) is 4.56. The van der Waals surface area contributed by atoms with Crippen molar-refractivity contribution < 1.29 is 18.9 Å². The fraction of sp³-hybridized carbons (Fsp3) is 0.462. The minimum absolute atomic E-state index is 0.0533. The molecule has 4 bridgehead atoms. The van der Waals surface area contributed by atoms with Crippen molar-refractivity contribution in [1.29, 1.82) is 0 Å². The highest BCUT2D eigenvalue weighted by Crippen LogP contribution is 2.20. The average molecular weight is 569 g/mol. The van der Waals surface area contributed by atoms with Crippen LogP contribution >= 0.6 is 47.0 Å². The van der Waals surface area contributed by atoms with Gasteiger partial charge in [-0.05, 0) is 24.3 Å². The zero-order valence-electron chi connectivity index (χ0n) is 20.2. The number of fused-ring (bicyclic) bond motifs is 4. The number of ether oxygens (including phenoxy) is 4. The van der Waals surface area contributed by atoms with Gasteiger partial charge in [-0.1, -0.05) is 24.3 Å². The van der Waals surface area contributed by atoms with E-state index in [2.05, 4.69) is 0 Å². The first-order valence-corrected chi connectivity index (χ1v) is 15.8.